The molecule has 2 heterocycles. The Kier molecular flexibility index (Phi) is 5.18. The Morgan fingerprint density at radius 1 is 1.00 bits per heavy atom. The zero-order valence-corrected chi connectivity index (χ0v) is 17.8. The fraction of sp³-hybridized carbons (Fsp3) is 0.167. The molecule has 1 N–H and O–H groups in total. The molecule has 1 aromatic heterocycles. The molecule has 1 saturated heterocycles. The van der Waals surface area contributed by atoms with Crippen LogP contribution in [0.15, 0.2) is 72.8 Å². The maximum atomic E-state index is 12.6. The van der Waals surface area contributed by atoms with E-state index in [2.05, 4.69) is 10.2 Å². The summed E-state index contributed by atoms with van der Waals surface area (Å²) in [5.74, 6) is 2.24. The number of rotatable bonds is 6. The van der Waals surface area contributed by atoms with E-state index in [0.717, 1.165) is 38.3 Å². The van der Waals surface area contributed by atoms with Crippen molar-refractivity contribution in [1.29, 1.82) is 0 Å². The van der Waals surface area contributed by atoms with Crippen molar-refractivity contribution < 1.29 is 14.3 Å². The van der Waals surface area contributed by atoms with E-state index in [1.807, 2.05) is 72.8 Å². The molecule has 3 aromatic carbocycles. The van der Waals surface area contributed by atoms with E-state index in [1.165, 1.54) is 0 Å². The van der Waals surface area contributed by atoms with Gasteiger partial charge in [0.05, 0.1) is 17.7 Å². The summed E-state index contributed by atoms with van der Waals surface area (Å²) in [5, 5.41) is 3.92. The monoisotopic (exact) mass is 431 g/mol. The van der Waals surface area contributed by atoms with Gasteiger partial charge in [0.2, 0.25) is 5.91 Å². The first-order valence-electron chi connectivity index (χ1n) is 10.0. The molecule has 0 aliphatic carbocycles. The van der Waals surface area contributed by atoms with Crippen LogP contribution >= 0.6 is 11.3 Å². The highest BCUT2D eigenvalue weighted by Gasteiger charge is 2.34. The van der Waals surface area contributed by atoms with E-state index < -0.39 is 0 Å². The van der Waals surface area contributed by atoms with Gasteiger partial charge < -0.3 is 19.7 Å². The Hall–Kier alpha value is -3.58. The van der Waals surface area contributed by atoms with Crippen molar-refractivity contribution in [3.8, 4) is 17.2 Å². The van der Waals surface area contributed by atoms with Gasteiger partial charge in [0.15, 0.2) is 5.13 Å². The van der Waals surface area contributed by atoms with Crippen LogP contribution in [0.5, 0.6) is 17.2 Å². The Morgan fingerprint density at radius 3 is 2.48 bits per heavy atom. The van der Waals surface area contributed by atoms with Gasteiger partial charge in [0, 0.05) is 18.8 Å². The average Bonchev–Trinajstić information content (AvgIpc) is 3.18. The summed E-state index contributed by atoms with van der Waals surface area (Å²) in [5.41, 5.74) is 1.63. The molecule has 1 aliphatic heterocycles. The predicted octanol–water partition coefficient (Wildman–Crippen LogP) is 5.17. The molecule has 5 rings (SSSR count). The summed E-state index contributed by atoms with van der Waals surface area (Å²) < 4.78 is 12.3. The van der Waals surface area contributed by atoms with Crippen LogP contribution in [-0.4, -0.2) is 31.1 Å². The van der Waals surface area contributed by atoms with Crippen LogP contribution in [0, 0.1) is 5.92 Å². The summed E-state index contributed by atoms with van der Waals surface area (Å²) in [7, 11) is 1.65. The summed E-state index contributed by atoms with van der Waals surface area (Å²) >= 11 is 1.62. The third-order valence-electron chi connectivity index (χ3n) is 5.21. The number of ether oxygens (including phenoxy) is 2. The molecule has 1 aliphatic rings. The van der Waals surface area contributed by atoms with Crippen LogP contribution in [0.3, 0.4) is 0 Å². The SMILES string of the molecule is COc1cccc2sc(N3CC(C(=O)Nc4ccc(Oc5ccccc5)cc4)C3)nc12. The number of anilines is 2. The van der Waals surface area contributed by atoms with E-state index in [-0.39, 0.29) is 11.8 Å². The minimum absolute atomic E-state index is 0.0201. The van der Waals surface area contributed by atoms with Gasteiger partial charge >= 0.3 is 0 Å². The lowest BCUT2D eigenvalue weighted by atomic mass is 10.00. The number of thiazole rings is 1. The summed E-state index contributed by atoms with van der Waals surface area (Å²) in [6.07, 6.45) is 0. The maximum absolute atomic E-state index is 12.6. The quantitative estimate of drug-likeness (QED) is 0.456. The van der Waals surface area contributed by atoms with Crippen LogP contribution in [0.1, 0.15) is 0 Å². The van der Waals surface area contributed by atoms with E-state index in [1.54, 1.807) is 18.4 Å². The number of nitrogens with zero attached hydrogens (tertiary/aromatic N) is 2. The Bertz CT molecular complexity index is 1200. The number of hydrogen-bond acceptors (Lipinski definition) is 6. The van der Waals surface area contributed by atoms with E-state index >= 15 is 0 Å². The maximum Gasteiger partial charge on any atom is 0.231 e. The van der Waals surface area contributed by atoms with Gasteiger partial charge in [-0.25, -0.2) is 4.98 Å². The van der Waals surface area contributed by atoms with Gasteiger partial charge in [-0.3, -0.25) is 4.79 Å². The molecule has 31 heavy (non-hydrogen) atoms. The van der Waals surface area contributed by atoms with Gasteiger partial charge in [0.25, 0.3) is 0 Å². The second-order valence-electron chi connectivity index (χ2n) is 7.33. The summed E-state index contributed by atoms with van der Waals surface area (Å²) in [4.78, 5) is 19.4. The molecule has 0 atom stereocenters. The van der Waals surface area contributed by atoms with Crippen molar-refractivity contribution in [1.82, 2.24) is 4.98 Å². The first-order chi connectivity index (χ1) is 15.2. The largest absolute Gasteiger partial charge is 0.494 e. The highest BCUT2D eigenvalue weighted by atomic mass is 32.1. The van der Waals surface area contributed by atoms with Gasteiger partial charge in [-0.05, 0) is 48.5 Å². The number of benzene rings is 3. The van der Waals surface area contributed by atoms with Crippen molar-refractivity contribution >= 4 is 38.3 Å². The molecule has 0 unspecified atom stereocenters. The standard InChI is InChI=1S/C24H21N3O3S/c1-29-20-8-5-9-21-22(20)26-24(31-21)27-14-16(15-27)23(28)25-17-10-12-19(13-11-17)30-18-6-3-2-4-7-18/h2-13,16H,14-15H2,1H3,(H,25,28). The fourth-order valence-electron chi connectivity index (χ4n) is 3.49. The molecular formula is C24H21N3O3S. The minimum Gasteiger partial charge on any atom is -0.494 e. The van der Waals surface area contributed by atoms with Crippen molar-refractivity contribution in [2.45, 2.75) is 0 Å². The van der Waals surface area contributed by atoms with Gasteiger partial charge in [-0.1, -0.05) is 35.6 Å². The molecular weight excluding hydrogens is 410 g/mol. The van der Waals surface area contributed by atoms with Crippen LogP contribution in [0.2, 0.25) is 0 Å². The smallest absolute Gasteiger partial charge is 0.231 e. The van der Waals surface area contributed by atoms with Gasteiger partial charge in [-0.15, -0.1) is 0 Å². The molecule has 156 valence electrons. The molecule has 1 amide bonds. The van der Waals surface area contributed by atoms with Crippen molar-refractivity contribution in [2.24, 2.45) is 5.92 Å². The third kappa shape index (κ3) is 4.04. The Labute approximate surface area is 184 Å². The second-order valence-corrected chi connectivity index (χ2v) is 8.34. The Morgan fingerprint density at radius 2 is 1.74 bits per heavy atom. The summed E-state index contributed by atoms with van der Waals surface area (Å²) in [6, 6.07) is 22.9. The van der Waals surface area contributed by atoms with E-state index in [0.29, 0.717) is 13.1 Å². The zero-order valence-electron chi connectivity index (χ0n) is 16.9. The van der Waals surface area contributed by atoms with Crippen LogP contribution in [0.4, 0.5) is 10.8 Å². The lowest BCUT2D eigenvalue weighted by molar-refractivity contribution is -0.120. The predicted molar refractivity (Wildman–Crippen MR) is 123 cm³/mol. The lowest BCUT2D eigenvalue weighted by Gasteiger charge is -2.37. The number of aromatic nitrogens is 1. The van der Waals surface area contributed by atoms with Crippen LogP contribution in [-0.2, 0) is 4.79 Å². The first-order valence-corrected chi connectivity index (χ1v) is 10.8. The number of methoxy groups -OCH3 is 1. The van der Waals surface area contributed by atoms with Crippen LogP contribution in [0.25, 0.3) is 10.2 Å². The molecule has 0 radical (unpaired) electrons. The average molecular weight is 432 g/mol. The van der Waals surface area contributed by atoms with E-state index in [4.69, 9.17) is 14.5 Å². The summed E-state index contributed by atoms with van der Waals surface area (Å²) in [6.45, 7) is 1.31. The fourth-order valence-corrected chi connectivity index (χ4v) is 4.49. The van der Waals surface area contributed by atoms with Gasteiger partial charge in [0.1, 0.15) is 22.8 Å². The number of hydrogen-bond donors (Lipinski definition) is 1. The van der Waals surface area contributed by atoms with E-state index in [9.17, 15) is 4.79 Å². The van der Waals surface area contributed by atoms with Crippen molar-refractivity contribution in [3.05, 3.63) is 72.8 Å². The third-order valence-corrected chi connectivity index (χ3v) is 6.30. The highest BCUT2D eigenvalue weighted by molar-refractivity contribution is 7.22. The van der Waals surface area contributed by atoms with Crippen LogP contribution < -0.4 is 19.7 Å². The number of carbonyl (C=O) groups excluding carboxylic acids is 1. The molecule has 1 fully saturated rings. The number of carbonyl (C=O) groups is 1. The Balaban J connectivity index is 1.17. The highest BCUT2D eigenvalue weighted by Crippen LogP contribution is 2.36. The lowest BCUT2D eigenvalue weighted by Crippen LogP contribution is -2.52. The first kappa shape index (κ1) is 19.4. The molecule has 6 nitrogen and oxygen atoms in total. The number of amides is 1. The zero-order chi connectivity index (χ0) is 21.2. The number of nitrogens with one attached hydrogen (secondary N) is 1. The topological polar surface area (TPSA) is 63.7 Å². The minimum atomic E-state index is -0.0610. The van der Waals surface area contributed by atoms with Crippen molar-refractivity contribution in [2.75, 3.05) is 30.4 Å². The number of fused-ring (bicyclic) bond motifs is 1. The molecule has 0 spiro atoms. The van der Waals surface area contributed by atoms with Crippen molar-refractivity contribution in [3.63, 3.8) is 0 Å². The molecule has 0 saturated carbocycles. The molecule has 7 heteroatoms. The molecule has 4 aromatic rings. The van der Waals surface area contributed by atoms with Gasteiger partial charge in [-0.2, -0.15) is 0 Å². The second kappa shape index (κ2) is 8.28. The number of para-hydroxylation sites is 2. The normalized spacial score (nSPS) is 13.6. The molecule has 0 bridgehead atoms.